The first-order valence-electron chi connectivity index (χ1n) is 1.69. The van der Waals surface area contributed by atoms with E-state index in [2.05, 4.69) is 0 Å². The first-order valence-corrected chi connectivity index (χ1v) is 2.27. The van der Waals surface area contributed by atoms with Crippen LogP contribution in [0.15, 0.2) is 0 Å². The lowest BCUT2D eigenvalue weighted by Crippen LogP contribution is -2.21. The van der Waals surface area contributed by atoms with Gasteiger partial charge in [0.05, 0.1) is 6.04 Å². The molecular weight excluding hydrogens is 97.0 g/mol. The van der Waals surface area contributed by atoms with Crippen molar-refractivity contribution >= 4 is 14.8 Å². The maximum Gasteiger partial charge on any atom is 0.164 e. The molecule has 6 heavy (non-hydrogen) atoms. The van der Waals surface area contributed by atoms with Crippen LogP contribution in [-0.4, -0.2) is 11.6 Å². The van der Waals surface area contributed by atoms with E-state index in [1.807, 2.05) is 9.24 Å². The highest BCUT2D eigenvalue weighted by molar-refractivity contribution is 7.40. The zero-order chi connectivity index (χ0) is 5.15. The molecule has 0 saturated carbocycles. The highest BCUT2D eigenvalue weighted by Crippen LogP contribution is 1.86. The van der Waals surface area contributed by atoms with E-state index in [0.29, 0.717) is 0 Å². The third-order valence-electron chi connectivity index (χ3n) is 0.449. The second-order valence-electron chi connectivity index (χ2n) is 1.19. The SMILES string of the molecule is C[C@H](N)C(=O)P. The molecule has 2 N–H and O–H groups in total. The molecule has 0 saturated heterocycles. The zero-order valence-electron chi connectivity index (χ0n) is 3.64. The Bertz CT molecular complexity index is 61.8. The molecular formula is C3H8NOP. The van der Waals surface area contributed by atoms with E-state index < -0.39 is 0 Å². The van der Waals surface area contributed by atoms with Crippen molar-refractivity contribution in [2.75, 3.05) is 0 Å². The lowest BCUT2D eigenvalue weighted by molar-refractivity contribution is -0.111. The van der Waals surface area contributed by atoms with Gasteiger partial charge in [-0.05, 0) is 6.92 Å². The molecule has 1 unspecified atom stereocenters. The van der Waals surface area contributed by atoms with E-state index >= 15 is 0 Å². The summed E-state index contributed by atoms with van der Waals surface area (Å²) in [7, 11) is 2.01. The predicted octanol–water partition coefficient (Wildman–Crippen LogP) is -0.265. The van der Waals surface area contributed by atoms with Gasteiger partial charge in [0.15, 0.2) is 5.52 Å². The minimum atomic E-state index is -0.324. The van der Waals surface area contributed by atoms with Crippen LogP contribution >= 0.6 is 9.24 Å². The lowest BCUT2D eigenvalue weighted by atomic mass is 10.4. The molecule has 0 aromatic rings. The van der Waals surface area contributed by atoms with E-state index in [-0.39, 0.29) is 11.6 Å². The van der Waals surface area contributed by atoms with Crippen LogP contribution in [0.4, 0.5) is 0 Å². The van der Waals surface area contributed by atoms with Gasteiger partial charge >= 0.3 is 0 Å². The van der Waals surface area contributed by atoms with Gasteiger partial charge in [0.25, 0.3) is 0 Å². The van der Waals surface area contributed by atoms with Gasteiger partial charge in [0.1, 0.15) is 0 Å². The van der Waals surface area contributed by atoms with Gasteiger partial charge in [-0.1, -0.05) is 9.24 Å². The summed E-state index contributed by atoms with van der Waals surface area (Å²) >= 11 is 0. The van der Waals surface area contributed by atoms with Gasteiger partial charge in [-0.2, -0.15) is 0 Å². The summed E-state index contributed by atoms with van der Waals surface area (Å²) in [6.45, 7) is 1.65. The molecule has 0 heterocycles. The second-order valence-corrected chi connectivity index (χ2v) is 1.76. The van der Waals surface area contributed by atoms with Crippen LogP contribution in [0.5, 0.6) is 0 Å². The second kappa shape index (κ2) is 2.27. The third-order valence-corrected chi connectivity index (χ3v) is 0.975. The summed E-state index contributed by atoms with van der Waals surface area (Å²) in [6.07, 6.45) is 0. The van der Waals surface area contributed by atoms with Crippen molar-refractivity contribution in [3.8, 4) is 0 Å². The molecule has 0 amide bonds. The molecule has 2 nitrogen and oxygen atoms in total. The summed E-state index contributed by atoms with van der Waals surface area (Å²) in [4.78, 5) is 9.98. The number of hydrogen-bond acceptors (Lipinski definition) is 2. The molecule has 2 atom stereocenters. The third kappa shape index (κ3) is 2.31. The number of carbonyl (C=O) groups excluding carboxylic acids is 1. The Balaban J connectivity index is 3.26. The van der Waals surface area contributed by atoms with Crippen LogP contribution < -0.4 is 5.73 Å². The van der Waals surface area contributed by atoms with Crippen LogP contribution in [0, 0.1) is 0 Å². The fraction of sp³-hybridized carbons (Fsp3) is 0.667. The Kier molecular flexibility index (Phi) is 2.29. The number of nitrogens with two attached hydrogens (primary N) is 1. The normalized spacial score (nSPS) is 13.8. The molecule has 36 valence electrons. The number of carbonyl (C=O) groups is 1. The van der Waals surface area contributed by atoms with Crippen LogP contribution in [0.25, 0.3) is 0 Å². The van der Waals surface area contributed by atoms with Crippen molar-refractivity contribution in [3.05, 3.63) is 0 Å². The Hall–Kier alpha value is 0.0600. The fourth-order valence-electron chi connectivity index (χ4n) is 0. The largest absolute Gasteiger partial charge is 0.321 e. The van der Waals surface area contributed by atoms with Crippen molar-refractivity contribution in [1.82, 2.24) is 0 Å². The quantitative estimate of drug-likeness (QED) is 0.466. The minimum Gasteiger partial charge on any atom is -0.321 e. The predicted molar refractivity (Wildman–Crippen MR) is 28.4 cm³/mol. The van der Waals surface area contributed by atoms with Crippen molar-refractivity contribution in [3.63, 3.8) is 0 Å². The molecule has 0 aliphatic carbocycles. The van der Waals surface area contributed by atoms with Gasteiger partial charge in [0.2, 0.25) is 0 Å². The maximum absolute atomic E-state index is 9.98. The van der Waals surface area contributed by atoms with Gasteiger partial charge in [-0.15, -0.1) is 0 Å². The van der Waals surface area contributed by atoms with E-state index in [1.165, 1.54) is 0 Å². The first kappa shape index (κ1) is 6.06. The van der Waals surface area contributed by atoms with Crippen LogP contribution in [-0.2, 0) is 4.79 Å². The standard InChI is InChI=1S/C3H8NOP/c1-2(4)3(5)6/h2H,4,6H2,1H3/t2-/m0/s1. The van der Waals surface area contributed by atoms with Crippen LogP contribution in [0.1, 0.15) is 6.92 Å². The van der Waals surface area contributed by atoms with Crippen LogP contribution in [0.2, 0.25) is 0 Å². The molecule has 0 fully saturated rings. The smallest absolute Gasteiger partial charge is 0.164 e. The molecule has 0 aliphatic rings. The number of hydrogen-bond donors (Lipinski definition) is 1. The Morgan fingerprint density at radius 2 is 2.17 bits per heavy atom. The molecule has 3 heteroatoms. The summed E-state index contributed by atoms with van der Waals surface area (Å²) < 4.78 is 0. The van der Waals surface area contributed by atoms with Crippen LogP contribution in [0.3, 0.4) is 0 Å². The molecule has 0 aromatic heterocycles. The minimum absolute atomic E-state index is 0.0463. The number of rotatable bonds is 1. The van der Waals surface area contributed by atoms with Gasteiger partial charge in [0, 0.05) is 0 Å². The van der Waals surface area contributed by atoms with Crippen molar-refractivity contribution in [1.29, 1.82) is 0 Å². The Labute approximate surface area is 39.3 Å². The maximum atomic E-state index is 9.98. The first-order chi connectivity index (χ1) is 2.64. The Morgan fingerprint density at radius 3 is 2.17 bits per heavy atom. The molecule has 0 bridgehead atoms. The van der Waals surface area contributed by atoms with Gasteiger partial charge in [-0.25, -0.2) is 0 Å². The summed E-state index contributed by atoms with van der Waals surface area (Å²) in [5.74, 6) is 0. The van der Waals surface area contributed by atoms with E-state index in [1.54, 1.807) is 6.92 Å². The summed E-state index contributed by atoms with van der Waals surface area (Å²) in [6, 6.07) is -0.324. The lowest BCUT2D eigenvalue weighted by Gasteiger charge is -1.91. The van der Waals surface area contributed by atoms with E-state index in [0.717, 1.165) is 0 Å². The highest BCUT2D eigenvalue weighted by atomic mass is 31.0. The van der Waals surface area contributed by atoms with E-state index in [9.17, 15) is 4.79 Å². The zero-order valence-corrected chi connectivity index (χ0v) is 4.79. The van der Waals surface area contributed by atoms with Crippen molar-refractivity contribution in [2.45, 2.75) is 13.0 Å². The molecule has 0 spiro atoms. The van der Waals surface area contributed by atoms with E-state index in [4.69, 9.17) is 5.73 Å². The highest BCUT2D eigenvalue weighted by Gasteiger charge is 1.95. The monoisotopic (exact) mass is 105 g/mol. The summed E-state index contributed by atoms with van der Waals surface area (Å²) in [5.41, 5.74) is 5.02. The molecule has 0 aliphatic heterocycles. The molecule has 0 rings (SSSR count). The van der Waals surface area contributed by atoms with Gasteiger partial charge < -0.3 is 5.73 Å². The Morgan fingerprint density at radius 1 is 2.00 bits per heavy atom. The average Bonchev–Trinajstić information content (AvgIpc) is 1.36. The topological polar surface area (TPSA) is 43.1 Å². The van der Waals surface area contributed by atoms with Crippen molar-refractivity contribution < 1.29 is 4.79 Å². The fourth-order valence-corrected chi connectivity index (χ4v) is 0. The average molecular weight is 105 g/mol. The van der Waals surface area contributed by atoms with Crippen molar-refractivity contribution in [2.24, 2.45) is 5.73 Å². The molecule has 0 aromatic carbocycles. The van der Waals surface area contributed by atoms with Gasteiger partial charge in [-0.3, -0.25) is 4.79 Å². The molecule has 0 radical (unpaired) electrons. The summed E-state index contributed by atoms with van der Waals surface area (Å²) in [5, 5.41) is 0.